The number of halogens is 1. The number of thioether (sulfide) groups is 1. The molecule has 0 atom stereocenters. The molecule has 0 radical (unpaired) electrons. The second-order valence-corrected chi connectivity index (χ2v) is 7.19. The van der Waals surface area contributed by atoms with Crippen LogP contribution in [0.1, 0.15) is 11.1 Å². The molecule has 9 heteroatoms. The molecule has 0 aromatic heterocycles. The van der Waals surface area contributed by atoms with E-state index in [9.17, 15) is 9.59 Å². The summed E-state index contributed by atoms with van der Waals surface area (Å²) in [5, 5.41) is 11.4. The largest absolute Gasteiger partial charge is 0.489 e. The Bertz CT molecular complexity index is 1000. The highest BCUT2D eigenvalue weighted by atomic mass is 35.5. The number of esters is 1. The number of methoxy groups -OCH3 is 1. The van der Waals surface area contributed by atoms with E-state index in [0.29, 0.717) is 17.4 Å². The molecule has 1 aliphatic heterocycles. The molecule has 1 saturated heterocycles. The average Bonchev–Trinajstić information content (AvgIpc) is 3.06. The number of hydrogen-bond acceptors (Lipinski definition) is 7. The predicted octanol–water partition coefficient (Wildman–Crippen LogP) is 3.53. The maximum absolute atomic E-state index is 11.7. The van der Waals surface area contributed by atoms with Crippen molar-refractivity contribution in [3.63, 3.8) is 0 Å². The summed E-state index contributed by atoms with van der Waals surface area (Å²) in [6.07, 6.45) is 2.65. The molecule has 1 aliphatic rings. The first kappa shape index (κ1) is 20.6. The van der Waals surface area contributed by atoms with Crippen LogP contribution in [0.15, 0.2) is 69.7 Å². The molecular formula is C20H16ClN3O4S. The van der Waals surface area contributed by atoms with Gasteiger partial charge in [-0.25, -0.2) is 4.79 Å². The summed E-state index contributed by atoms with van der Waals surface area (Å²) < 4.78 is 10.2. The predicted molar refractivity (Wildman–Crippen MR) is 113 cm³/mol. The highest BCUT2D eigenvalue weighted by molar-refractivity contribution is 8.18. The van der Waals surface area contributed by atoms with E-state index in [-0.39, 0.29) is 10.1 Å². The van der Waals surface area contributed by atoms with E-state index in [2.05, 4.69) is 20.3 Å². The second-order valence-electron chi connectivity index (χ2n) is 5.73. The Morgan fingerprint density at radius 2 is 2.03 bits per heavy atom. The lowest BCUT2D eigenvalue weighted by Gasteiger charge is -2.06. The van der Waals surface area contributed by atoms with Crippen LogP contribution in [0.5, 0.6) is 5.75 Å². The molecule has 1 amide bonds. The van der Waals surface area contributed by atoms with Crippen molar-refractivity contribution in [3.8, 4) is 5.75 Å². The Morgan fingerprint density at radius 3 is 2.76 bits per heavy atom. The van der Waals surface area contributed by atoms with Gasteiger partial charge in [-0.15, -0.1) is 5.10 Å². The smallest absolute Gasteiger partial charge is 0.331 e. The third-order valence-corrected chi connectivity index (χ3v) is 4.77. The molecule has 148 valence electrons. The van der Waals surface area contributed by atoms with Crippen LogP contribution in [0.3, 0.4) is 0 Å². The van der Waals surface area contributed by atoms with Crippen molar-refractivity contribution in [1.82, 2.24) is 5.32 Å². The third-order valence-electron chi connectivity index (χ3n) is 3.63. The molecule has 0 aliphatic carbocycles. The van der Waals surface area contributed by atoms with Crippen LogP contribution in [-0.4, -0.2) is 30.4 Å². The van der Waals surface area contributed by atoms with E-state index < -0.39 is 11.9 Å². The zero-order valence-electron chi connectivity index (χ0n) is 15.3. The summed E-state index contributed by atoms with van der Waals surface area (Å²) in [5.41, 5.74) is 1.79. The maximum Gasteiger partial charge on any atom is 0.331 e. The van der Waals surface area contributed by atoms with Gasteiger partial charge in [0.05, 0.1) is 18.2 Å². The minimum Gasteiger partial charge on any atom is -0.489 e. The van der Waals surface area contributed by atoms with Gasteiger partial charge in [0.1, 0.15) is 12.4 Å². The van der Waals surface area contributed by atoms with Gasteiger partial charge in [0.15, 0.2) is 5.17 Å². The number of rotatable bonds is 6. The minimum absolute atomic E-state index is 0.201. The third kappa shape index (κ3) is 6.20. The molecule has 0 saturated carbocycles. The quantitative estimate of drug-likeness (QED) is 0.328. The van der Waals surface area contributed by atoms with Gasteiger partial charge in [-0.05, 0) is 59.3 Å². The monoisotopic (exact) mass is 429 g/mol. The molecule has 1 N–H and O–H groups in total. The van der Waals surface area contributed by atoms with Crippen LogP contribution < -0.4 is 10.1 Å². The van der Waals surface area contributed by atoms with Gasteiger partial charge >= 0.3 is 5.97 Å². The van der Waals surface area contributed by atoms with Gasteiger partial charge in [0.2, 0.25) is 0 Å². The van der Waals surface area contributed by atoms with Gasteiger partial charge in [-0.3, -0.25) is 10.1 Å². The first-order chi connectivity index (χ1) is 14.0. The molecular weight excluding hydrogens is 414 g/mol. The molecule has 0 spiro atoms. The number of nitrogens with one attached hydrogen (secondary N) is 1. The first-order valence-electron chi connectivity index (χ1n) is 8.40. The summed E-state index contributed by atoms with van der Waals surface area (Å²) in [6, 6.07) is 14.8. The van der Waals surface area contributed by atoms with Crippen LogP contribution in [0.4, 0.5) is 0 Å². The maximum atomic E-state index is 11.7. The molecule has 2 aromatic rings. The van der Waals surface area contributed by atoms with E-state index >= 15 is 0 Å². The Morgan fingerprint density at radius 1 is 1.24 bits per heavy atom. The van der Waals surface area contributed by atoms with E-state index in [0.717, 1.165) is 29.0 Å². The average molecular weight is 430 g/mol. The normalized spacial score (nSPS) is 16.4. The number of benzene rings is 2. The number of amides is 1. The fraction of sp³-hybridized carbons (Fsp3) is 0.100. The zero-order chi connectivity index (χ0) is 20.6. The molecule has 29 heavy (non-hydrogen) atoms. The minimum atomic E-state index is -0.606. The van der Waals surface area contributed by atoms with Crippen molar-refractivity contribution in [3.05, 3.63) is 75.7 Å². The Labute approximate surface area is 176 Å². The summed E-state index contributed by atoms with van der Waals surface area (Å²) in [7, 11) is 1.24. The fourth-order valence-corrected chi connectivity index (χ4v) is 3.18. The summed E-state index contributed by atoms with van der Waals surface area (Å²) in [6.45, 7) is 0.417. The van der Waals surface area contributed by atoms with Crippen molar-refractivity contribution in [2.45, 2.75) is 6.61 Å². The van der Waals surface area contributed by atoms with Crippen molar-refractivity contribution in [2.24, 2.45) is 10.2 Å². The van der Waals surface area contributed by atoms with Crippen molar-refractivity contribution >= 4 is 46.6 Å². The van der Waals surface area contributed by atoms with Gasteiger partial charge in [0.25, 0.3) is 5.91 Å². The standard InChI is InChI=1S/C20H16ClN3O4S/c1-27-18(25)10-17-19(26)23-20(29-17)24-22-11-13-5-7-16(8-6-13)28-12-14-3-2-4-15(21)9-14/h2-11H,12H2,1H3,(H,23,24,26)/b17-10+,22-11?. The van der Waals surface area contributed by atoms with Crippen molar-refractivity contribution < 1.29 is 19.1 Å². The number of hydrogen-bond donors (Lipinski definition) is 1. The molecule has 0 unspecified atom stereocenters. The highest BCUT2D eigenvalue weighted by Gasteiger charge is 2.24. The Kier molecular flexibility index (Phi) is 7.04. The van der Waals surface area contributed by atoms with E-state index in [1.54, 1.807) is 6.21 Å². The lowest BCUT2D eigenvalue weighted by molar-refractivity contribution is -0.135. The Balaban J connectivity index is 1.55. The van der Waals surface area contributed by atoms with Crippen molar-refractivity contribution in [2.75, 3.05) is 7.11 Å². The molecule has 0 bridgehead atoms. The van der Waals surface area contributed by atoms with E-state index in [1.165, 1.54) is 7.11 Å². The number of amidine groups is 1. The highest BCUT2D eigenvalue weighted by Crippen LogP contribution is 2.23. The van der Waals surface area contributed by atoms with Gasteiger partial charge < -0.3 is 9.47 Å². The van der Waals surface area contributed by atoms with Gasteiger partial charge in [-0.1, -0.05) is 23.7 Å². The second kappa shape index (κ2) is 9.90. The molecule has 2 aromatic carbocycles. The van der Waals surface area contributed by atoms with Crippen LogP contribution in [-0.2, 0) is 20.9 Å². The zero-order valence-corrected chi connectivity index (χ0v) is 16.9. The Hall–Kier alpha value is -3.10. The fourth-order valence-electron chi connectivity index (χ4n) is 2.23. The lowest BCUT2D eigenvalue weighted by Crippen LogP contribution is -2.19. The number of nitrogens with zero attached hydrogens (tertiary/aromatic N) is 2. The summed E-state index contributed by atoms with van der Waals surface area (Å²) in [5.74, 6) is -0.315. The first-order valence-corrected chi connectivity index (χ1v) is 9.60. The summed E-state index contributed by atoms with van der Waals surface area (Å²) >= 11 is 6.97. The van der Waals surface area contributed by atoms with Crippen molar-refractivity contribution in [1.29, 1.82) is 0 Å². The van der Waals surface area contributed by atoms with E-state index in [4.69, 9.17) is 16.3 Å². The summed E-state index contributed by atoms with van der Waals surface area (Å²) in [4.78, 5) is 23.1. The molecule has 1 fully saturated rings. The van der Waals surface area contributed by atoms with Crippen LogP contribution >= 0.6 is 23.4 Å². The number of carbonyl (C=O) groups is 2. The SMILES string of the molecule is COC(=O)/C=C1/S/C(=N\N=Cc2ccc(OCc3cccc(Cl)c3)cc2)NC1=O. The molecule has 3 rings (SSSR count). The van der Waals surface area contributed by atoms with E-state index in [1.807, 2.05) is 48.5 Å². The molecule has 1 heterocycles. The van der Waals surface area contributed by atoms with Crippen LogP contribution in [0.25, 0.3) is 0 Å². The van der Waals surface area contributed by atoms with Gasteiger partial charge in [-0.2, -0.15) is 5.10 Å². The number of carbonyl (C=O) groups excluding carboxylic acids is 2. The van der Waals surface area contributed by atoms with Crippen LogP contribution in [0.2, 0.25) is 5.02 Å². The topological polar surface area (TPSA) is 89.3 Å². The van der Waals surface area contributed by atoms with Crippen LogP contribution in [0, 0.1) is 0 Å². The van der Waals surface area contributed by atoms with Gasteiger partial charge in [0, 0.05) is 11.1 Å². The lowest BCUT2D eigenvalue weighted by atomic mass is 10.2. The molecule has 7 nitrogen and oxygen atoms in total. The number of ether oxygens (including phenoxy) is 2.